The summed E-state index contributed by atoms with van der Waals surface area (Å²) in [4.78, 5) is 19.5. The molecule has 0 saturated heterocycles. The Morgan fingerprint density at radius 2 is 1.88 bits per heavy atom. The number of carbonyl (C=O) groups excluding carboxylic acids is 1. The quantitative estimate of drug-likeness (QED) is 0.843. The minimum absolute atomic E-state index is 0.0685. The third-order valence-corrected chi connectivity index (χ3v) is 2.03. The van der Waals surface area contributed by atoms with Crippen LogP contribution in [0.25, 0.3) is 0 Å². The van der Waals surface area contributed by atoms with E-state index in [1.165, 1.54) is 0 Å². The molecule has 0 fully saturated rings. The van der Waals surface area contributed by atoms with Crippen molar-refractivity contribution in [2.24, 2.45) is 0 Å². The molecule has 0 radical (unpaired) electrons. The average molecular weight is 213 g/mol. The van der Waals surface area contributed by atoms with Gasteiger partial charge in [0, 0.05) is 18.6 Å². The molecule has 80 valence electrons. The van der Waals surface area contributed by atoms with E-state index in [9.17, 15) is 4.79 Å². The van der Waals surface area contributed by atoms with E-state index in [-0.39, 0.29) is 5.91 Å². The maximum absolute atomic E-state index is 11.6. The maximum atomic E-state index is 11.6. The van der Waals surface area contributed by atoms with Crippen molar-refractivity contribution >= 4 is 11.6 Å². The van der Waals surface area contributed by atoms with E-state index in [2.05, 4.69) is 15.3 Å². The molecular formula is C12H11N3O. The van der Waals surface area contributed by atoms with E-state index >= 15 is 0 Å². The van der Waals surface area contributed by atoms with Crippen molar-refractivity contribution < 1.29 is 4.79 Å². The molecule has 0 aliphatic carbocycles. The van der Waals surface area contributed by atoms with Crippen molar-refractivity contribution in [3.8, 4) is 0 Å². The third-order valence-electron chi connectivity index (χ3n) is 2.03. The number of rotatable bonds is 3. The smallest absolute Gasteiger partial charge is 0.228 e. The maximum Gasteiger partial charge on any atom is 0.228 e. The fraction of sp³-hybridized carbons (Fsp3) is 0.0833. The van der Waals surface area contributed by atoms with Crippen LogP contribution in [0.4, 0.5) is 5.69 Å². The molecule has 16 heavy (non-hydrogen) atoms. The minimum Gasteiger partial charge on any atom is -0.324 e. The van der Waals surface area contributed by atoms with Gasteiger partial charge in [-0.3, -0.25) is 14.8 Å². The van der Waals surface area contributed by atoms with Gasteiger partial charge in [-0.05, 0) is 23.8 Å². The first-order valence-electron chi connectivity index (χ1n) is 4.93. The van der Waals surface area contributed by atoms with Gasteiger partial charge in [-0.2, -0.15) is 0 Å². The van der Waals surface area contributed by atoms with Crippen LogP contribution in [0.2, 0.25) is 0 Å². The number of hydrogen-bond acceptors (Lipinski definition) is 3. The lowest BCUT2D eigenvalue weighted by atomic mass is 10.2. The van der Waals surface area contributed by atoms with E-state index < -0.39 is 0 Å². The Morgan fingerprint density at radius 3 is 2.50 bits per heavy atom. The Hall–Kier alpha value is -2.23. The molecule has 4 nitrogen and oxygen atoms in total. The molecule has 1 amide bonds. The topological polar surface area (TPSA) is 54.9 Å². The van der Waals surface area contributed by atoms with Gasteiger partial charge in [0.1, 0.15) is 0 Å². The number of amides is 1. The molecule has 0 aliphatic heterocycles. The molecular weight excluding hydrogens is 202 g/mol. The molecule has 1 N–H and O–H groups in total. The normalized spacial score (nSPS) is 9.75. The average Bonchev–Trinajstić information content (AvgIpc) is 2.31. The van der Waals surface area contributed by atoms with Crippen molar-refractivity contribution in [2.45, 2.75) is 6.42 Å². The molecule has 0 aromatic carbocycles. The molecule has 0 unspecified atom stereocenters. The van der Waals surface area contributed by atoms with Crippen LogP contribution in [-0.4, -0.2) is 15.9 Å². The van der Waals surface area contributed by atoms with Crippen LogP contribution in [0, 0.1) is 0 Å². The Labute approximate surface area is 93.4 Å². The first kappa shape index (κ1) is 10.3. The second-order valence-electron chi connectivity index (χ2n) is 3.33. The van der Waals surface area contributed by atoms with E-state index in [1.807, 2.05) is 12.1 Å². The van der Waals surface area contributed by atoms with Crippen LogP contribution < -0.4 is 5.32 Å². The van der Waals surface area contributed by atoms with Crippen LogP contribution in [0.3, 0.4) is 0 Å². The predicted octanol–water partition coefficient (Wildman–Crippen LogP) is 1.66. The Balaban J connectivity index is 1.95. The summed E-state index contributed by atoms with van der Waals surface area (Å²) in [5.41, 5.74) is 1.60. The summed E-state index contributed by atoms with van der Waals surface area (Å²) in [5, 5.41) is 2.76. The Morgan fingerprint density at radius 1 is 1.12 bits per heavy atom. The molecule has 2 rings (SSSR count). The van der Waals surface area contributed by atoms with E-state index in [1.54, 1.807) is 36.9 Å². The number of anilines is 1. The van der Waals surface area contributed by atoms with Crippen molar-refractivity contribution in [1.29, 1.82) is 0 Å². The lowest BCUT2D eigenvalue weighted by Crippen LogP contribution is -2.14. The second kappa shape index (κ2) is 5.02. The summed E-state index contributed by atoms with van der Waals surface area (Å²) in [5.74, 6) is -0.0685. The lowest BCUT2D eigenvalue weighted by Gasteiger charge is -2.03. The van der Waals surface area contributed by atoms with Crippen LogP contribution in [0.15, 0.2) is 49.1 Å². The fourth-order valence-electron chi connectivity index (χ4n) is 1.33. The zero-order valence-electron chi connectivity index (χ0n) is 8.63. The Bertz CT molecular complexity index is 413. The van der Waals surface area contributed by atoms with Gasteiger partial charge in [-0.15, -0.1) is 0 Å². The van der Waals surface area contributed by atoms with Gasteiger partial charge in [0.2, 0.25) is 5.91 Å². The van der Waals surface area contributed by atoms with Gasteiger partial charge in [-0.25, -0.2) is 0 Å². The minimum atomic E-state index is -0.0685. The van der Waals surface area contributed by atoms with Gasteiger partial charge in [0.25, 0.3) is 0 Å². The SMILES string of the molecule is O=C(Cc1cccnc1)Nc1cccnc1. The van der Waals surface area contributed by atoms with Gasteiger partial charge in [0.05, 0.1) is 18.3 Å². The van der Waals surface area contributed by atoms with Crippen molar-refractivity contribution in [1.82, 2.24) is 9.97 Å². The molecule has 2 aromatic rings. The number of aromatic nitrogens is 2. The predicted molar refractivity (Wildman–Crippen MR) is 60.8 cm³/mol. The summed E-state index contributed by atoms with van der Waals surface area (Å²) in [6.45, 7) is 0. The number of nitrogens with zero attached hydrogens (tertiary/aromatic N) is 2. The van der Waals surface area contributed by atoms with Crippen LogP contribution in [0.5, 0.6) is 0 Å². The van der Waals surface area contributed by atoms with Gasteiger partial charge in [0.15, 0.2) is 0 Å². The van der Waals surface area contributed by atoms with Crippen LogP contribution in [0.1, 0.15) is 5.56 Å². The van der Waals surface area contributed by atoms with Crippen molar-refractivity contribution in [3.63, 3.8) is 0 Å². The van der Waals surface area contributed by atoms with E-state index in [0.29, 0.717) is 12.1 Å². The molecule has 2 heterocycles. The first-order valence-corrected chi connectivity index (χ1v) is 4.93. The van der Waals surface area contributed by atoms with Gasteiger partial charge >= 0.3 is 0 Å². The van der Waals surface area contributed by atoms with Gasteiger partial charge < -0.3 is 5.32 Å². The number of nitrogens with one attached hydrogen (secondary N) is 1. The number of carbonyl (C=O) groups is 1. The zero-order chi connectivity index (χ0) is 11.2. The largest absolute Gasteiger partial charge is 0.324 e. The fourth-order valence-corrected chi connectivity index (χ4v) is 1.33. The summed E-state index contributed by atoms with van der Waals surface area (Å²) in [6, 6.07) is 7.26. The highest BCUT2D eigenvalue weighted by Gasteiger charge is 2.03. The van der Waals surface area contributed by atoms with Crippen LogP contribution >= 0.6 is 0 Å². The molecule has 0 aliphatic rings. The van der Waals surface area contributed by atoms with Crippen molar-refractivity contribution in [2.75, 3.05) is 5.32 Å². The Kier molecular flexibility index (Phi) is 3.23. The van der Waals surface area contributed by atoms with Crippen LogP contribution in [-0.2, 0) is 11.2 Å². The summed E-state index contributed by atoms with van der Waals surface area (Å²) >= 11 is 0. The highest BCUT2D eigenvalue weighted by molar-refractivity contribution is 5.91. The molecule has 0 spiro atoms. The summed E-state index contributed by atoms with van der Waals surface area (Å²) < 4.78 is 0. The molecule has 4 heteroatoms. The number of hydrogen-bond donors (Lipinski definition) is 1. The zero-order valence-corrected chi connectivity index (χ0v) is 8.63. The highest BCUT2D eigenvalue weighted by atomic mass is 16.1. The summed E-state index contributed by atoms with van der Waals surface area (Å²) in [7, 11) is 0. The van der Waals surface area contributed by atoms with E-state index in [4.69, 9.17) is 0 Å². The third kappa shape index (κ3) is 2.88. The molecule has 0 atom stereocenters. The molecule has 2 aromatic heterocycles. The molecule has 0 bridgehead atoms. The summed E-state index contributed by atoms with van der Waals surface area (Å²) in [6.07, 6.45) is 6.96. The second-order valence-corrected chi connectivity index (χ2v) is 3.33. The highest BCUT2D eigenvalue weighted by Crippen LogP contribution is 2.04. The standard InChI is InChI=1S/C12H11N3O/c16-12(7-10-3-1-5-13-8-10)15-11-4-2-6-14-9-11/h1-6,8-9H,7H2,(H,15,16). The van der Waals surface area contributed by atoms with Gasteiger partial charge in [-0.1, -0.05) is 6.07 Å². The van der Waals surface area contributed by atoms with Crippen molar-refractivity contribution in [3.05, 3.63) is 54.6 Å². The lowest BCUT2D eigenvalue weighted by molar-refractivity contribution is -0.115. The molecule has 0 saturated carbocycles. The van der Waals surface area contributed by atoms with E-state index in [0.717, 1.165) is 5.56 Å². The first-order chi connectivity index (χ1) is 7.84. The monoisotopic (exact) mass is 213 g/mol. The number of pyridine rings is 2.